The smallest absolute Gasteiger partial charge is 0.240 e. The van der Waals surface area contributed by atoms with Gasteiger partial charge in [0, 0.05) is 13.1 Å². The Bertz CT molecular complexity index is 645. The monoisotopic (exact) mass is 309 g/mol. The van der Waals surface area contributed by atoms with E-state index < -0.39 is 0 Å². The summed E-state index contributed by atoms with van der Waals surface area (Å²) >= 11 is 1.55. The normalized spacial score (nSPS) is 21.7. The minimum Gasteiger partial charge on any atom is -0.394 e. The number of hydrazine groups is 1. The second-order valence-corrected chi connectivity index (χ2v) is 6.61. The fourth-order valence-electron chi connectivity index (χ4n) is 2.70. The van der Waals surface area contributed by atoms with Crippen molar-refractivity contribution >= 4 is 33.3 Å². The number of ether oxygens (including phenoxy) is 1. The van der Waals surface area contributed by atoms with Crippen LogP contribution in [0.2, 0.25) is 0 Å². The zero-order chi connectivity index (χ0) is 15.0. The average Bonchev–Trinajstić information content (AvgIpc) is 2.92. The van der Waals surface area contributed by atoms with Gasteiger partial charge in [0.25, 0.3) is 0 Å². The van der Waals surface area contributed by atoms with E-state index in [0.717, 1.165) is 16.0 Å². The van der Waals surface area contributed by atoms with Gasteiger partial charge < -0.3 is 14.7 Å². The van der Waals surface area contributed by atoms with Gasteiger partial charge in [-0.05, 0) is 25.3 Å². The summed E-state index contributed by atoms with van der Waals surface area (Å²) in [7, 11) is 0. The number of rotatable bonds is 3. The number of aliphatic hydroxyl groups is 1. The largest absolute Gasteiger partial charge is 0.394 e. The van der Waals surface area contributed by atoms with Crippen LogP contribution in [0.5, 0.6) is 0 Å². The molecular weight excluding hydrogens is 290 g/mol. The molecular formula is C13H19N5O2S. The van der Waals surface area contributed by atoms with Crippen LogP contribution in [0.4, 0.5) is 11.8 Å². The van der Waals surface area contributed by atoms with Gasteiger partial charge in [0.1, 0.15) is 10.6 Å². The van der Waals surface area contributed by atoms with E-state index in [1.807, 2.05) is 25.3 Å². The number of hydrogen-bond donors (Lipinski definition) is 3. The van der Waals surface area contributed by atoms with Crippen molar-refractivity contribution in [3.05, 3.63) is 11.4 Å². The van der Waals surface area contributed by atoms with Crippen molar-refractivity contribution in [3.63, 3.8) is 0 Å². The molecule has 8 heteroatoms. The Morgan fingerprint density at radius 2 is 2.38 bits per heavy atom. The number of nitrogens with zero attached hydrogens (tertiary/aromatic N) is 3. The zero-order valence-corrected chi connectivity index (χ0v) is 12.9. The topological polar surface area (TPSA) is 96.5 Å². The molecule has 0 bridgehead atoms. The molecule has 2 aromatic rings. The fourth-order valence-corrected chi connectivity index (χ4v) is 3.46. The van der Waals surface area contributed by atoms with Gasteiger partial charge >= 0.3 is 0 Å². The maximum atomic E-state index is 9.45. The Kier molecular flexibility index (Phi) is 3.70. The first-order chi connectivity index (χ1) is 10.0. The van der Waals surface area contributed by atoms with Crippen LogP contribution >= 0.6 is 11.3 Å². The van der Waals surface area contributed by atoms with E-state index in [2.05, 4.69) is 20.3 Å². The van der Waals surface area contributed by atoms with Crippen LogP contribution in [0.15, 0.2) is 11.4 Å². The van der Waals surface area contributed by atoms with Crippen molar-refractivity contribution in [2.75, 3.05) is 30.0 Å². The van der Waals surface area contributed by atoms with Gasteiger partial charge in [0.05, 0.1) is 23.7 Å². The minimum atomic E-state index is -0.352. The van der Waals surface area contributed by atoms with Gasteiger partial charge in [-0.15, -0.1) is 11.3 Å². The summed E-state index contributed by atoms with van der Waals surface area (Å²) in [5.41, 5.74) is 2.16. The zero-order valence-electron chi connectivity index (χ0n) is 12.0. The van der Waals surface area contributed by atoms with Crippen molar-refractivity contribution in [2.45, 2.75) is 25.6 Å². The van der Waals surface area contributed by atoms with Gasteiger partial charge in [0.15, 0.2) is 0 Å². The molecule has 21 heavy (non-hydrogen) atoms. The lowest BCUT2D eigenvalue weighted by Gasteiger charge is -2.43. The number of fused-ring (bicyclic) bond motifs is 1. The van der Waals surface area contributed by atoms with E-state index in [-0.39, 0.29) is 18.3 Å². The van der Waals surface area contributed by atoms with Crippen molar-refractivity contribution in [3.8, 4) is 0 Å². The van der Waals surface area contributed by atoms with Crippen LogP contribution in [0.3, 0.4) is 0 Å². The molecule has 1 fully saturated rings. The van der Waals surface area contributed by atoms with Crippen molar-refractivity contribution in [2.24, 2.45) is 5.84 Å². The summed E-state index contributed by atoms with van der Waals surface area (Å²) in [5.74, 6) is 6.68. The molecule has 1 atom stereocenters. The maximum Gasteiger partial charge on any atom is 0.240 e. The molecule has 7 nitrogen and oxygen atoms in total. The molecule has 1 aliphatic heterocycles. The van der Waals surface area contributed by atoms with Crippen LogP contribution in [-0.4, -0.2) is 46.5 Å². The summed E-state index contributed by atoms with van der Waals surface area (Å²) in [6.07, 6.45) is -0.230. The number of anilines is 2. The van der Waals surface area contributed by atoms with Crippen molar-refractivity contribution in [1.29, 1.82) is 0 Å². The van der Waals surface area contributed by atoms with Gasteiger partial charge in [-0.2, -0.15) is 4.98 Å². The van der Waals surface area contributed by atoms with Gasteiger partial charge in [-0.3, -0.25) is 5.43 Å². The summed E-state index contributed by atoms with van der Waals surface area (Å²) in [4.78, 5) is 11.9. The van der Waals surface area contributed by atoms with E-state index in [1.165, 1.54) is 0 Å². The molecule has 0 amide bonds. The van der Waals surface area contributed by atoms with Crippen LogP contribution in [0.25, 0.3) is 10.2 Å². The highest BCUT2D eigenvalue weighted by Gasteiger charge is 2.34. The predicted molar refractivity (Wildman–Crippen MR) is 83.5 cm³/mol. The molecule has 4 N–H and O–H groups in total. The molecule has 3 heterocycles. The molecule has 1 unspecified atom stereocenters. The highest BCUT2D eigenvalue weighted by atomic mass is 32.1. The molecule has 2 aromatic heterocycles. The van der Waals surface area contributed by atoms with Crippen LogP contribution in [0.1, 0.15) is 13.8 Å². The Hall–Kier alpha value is -1.48. The van der Waals surface area contributed by atoms with E-state index in [4.69, 9.17) is 10.6 Å². The predicted octanol–water partition coefficient (Wildman–Crippen LogP) is 0.953. The number of morpholine rings is 1. The summed E-state index contributed by atoms with van der Waals surface area (Å²) in [6, 6.07) is 2.01. The number of nitrogens with one attached hydrogen (secondary N) is 1. The molecule has 114 valence electrons. The Balaban J connectivity index is 2.04. The molecule has 0 aromatic carbocycles. The number of hydrogen-bond acceptors (Lipinski definition) is 8. The quantitative estimate of drug-likeness (QED) is 0.574. The lowest BCUT2D eigenvalue weighted by molar-refractivity contribution is -0.101. The maximum absolute atomic E-state index is 9.45. The SMILES string of the molecule is CC1(C)CN(c2nc(NN)nc3sccc23)CC(CO)O1. The van der Waals surface area contributed by atoms with Gasteiger partial charge in [0.2, 0.25) is 5.95 Å². The second-order valence-electron chi connectivity index (χ2n) is 5.72. The first-order valence-electron chi connectivity index (χ1n) is 6.78. The minimum absolute atomic E-state index is 0.0141. The molecule has 0 aliphatic carbocycles. The van der Waals surface area contributed by atoms with Crippen LogP contribution in [-0.2, 0) is 4.74 Å². The van der Waals surface area contributed by atoms with Gasteiger partial charge in [-0.1, -0.05) is 0 Å². The van der Waals surface area contributed by atoms with E-state index in [9.17, 15) is 5.11 Å². The first-order valence-corrected chi connectivity index (χ1v) is 7.66. The second kappa shape index (κ2) is 5.38. The Labute approximate surface area is 126 Å². The number of nitrogens with two attached hydrogens (primary N) is 1. The third-order valence-electron chi connectivity index (χ3n) is 3.42. The van der Waals surface area contributed by atoms with Crippen molar-refractivity contribution < 1.29 is 9.84 Å². The number of thiophene rings is 1. The van der Waals surface area contributed by atoms with Gasteiger partial charge in [-0.25, -0.2) is 10.8 Å². The van der Waals surface area contributed by atoms with Crippen LogP contribution in [0, 0.1) is 0 Å². The molecule has 1 saturated heterocycles. The fraction of sp³-hybridized carbons (Fsp3) is 0.538. The average molecular weight is 309 g/mol. The Morgan fingerprint density at radius 1 is 1.57 bits per heavy atom. The Morgan fingerprint density at radius 3 is 3.10 bits per heavy atom. The van der Waals surface area contributed by atoms with E-state index in [0.29, 0.717) is 19.0 Å². The van der Waals surface area contributed by atoms with Crippen LogP contribution < -0.4 is 16.2 Å². The molecule has 3 rings (SSSR count). The lowest BCUT2D eigenvalue weighted by atomic mass is 10.1. The molecule has 0 saturated carbocycles. The van der Waals surface area contributed by atoms with E-state index >= 15 is 0 Å². The molecule has 0 radical (unpaired) electrons. The number of aromatic nitrogens is 2. The summed E-state index contributed by atoms with van der Waals surface area (Å²) in [6.45, 7) is 5.28. The molecule has 0 spiro atoms. The highest BCUT2D eigenvalue weighted by Crippen LogP contribution is 2.32. The first kappa shape index (κ1) is 14.5. The third kappa shape index (κ3) is 2.80. The summed E-state index contributed by atoms with van der Waals surface area (Å²) in [5, 5.41) is 12.4. The highest BCUT2D eigenvalue weighted by molar-refractivity contribution is 7.16. The molecule has 1 aliphatic rings. The standard InChI is InChI=1S/C13H19N5O2S/c1-13(2)7-18(5-8(6-19)20-13)10-9-3-4-21-11(9)16-12(15-10)17-14/h3-4,8,19H,5-7,14H2,1-2H3,(H,15,16,17). The van der Waals surface area contributed by atoms with E-state index in [1.54, 1.807) is 11.3 Å². The third-order valence-corrected chi connectivity index (χ3v) is 4.23. The number of aliphatic hydroxyl groups excluding tert-OH is 1. The lowest BCUT2D eigenvalue weighted by Crippen LogP contribution is -2.54. The number of nitrogen functional groups attached to an aromatic ring is 1. The summed E-state index contributed by atoms with van der Waals surface area (Å²) < 4.78 is 5.85. The van der Waals surface area contributed by atoms with Crippen molar-refractivity contribution in [1.82, 2.24) is 9.97 Å².